The van der Waals surface area contributed by atoms with Crippen molar-refractivity contribution in [3.8, 4) is 11.5 Å². The van der Waals surface area contributed by atoms with E-state index >= 15 is 0 Å². The summed E-state index contributed by atoms with van der Waals surface area (Å²) in [6.07, 6.45) is 4.79. The summed E-state index contributed by atoms with van der Waals surface area (Å²) in [6, 6.07) is 1.93. The topological polar surface area (TPSA) is 44.5 Å². The SMILES string of the molecule is CC(C)c1c(/C=C/CN)cc(Cl)c2c1OCCCO2. The number of ether oxygens (including phenoxy) is 2. The summed E-state index contributed by atoms with van der Waals surface area (Å²) in [5, 5.41) is 0.595. The van der Waals surface area contributed by atoms with E-state index in [-0.39, 0.29) is 0 Å². The Balaban J connectivity index is 2.59. The molecular weight excluding hydrogens is 262 g/mol. The Morgan fingerprint density at radius 2 is 2.00 bits per heavy atom. The molecule has 104 valence electrons. The lowest BCUT2D eigenvalue weighted by Crippen LogP contribution is -2.02. The Bertz CT molecular complexity index is 484. The fourth-order valence-electron chi connectivity index (χ4n) is 2.26. The van der Waals surface area contributed by atoms with Crippen LogP contribution in [0.15, 0.2) is 12.1 Å². The molecule has 1 heterocycles. The lowest BCUT2D eigenvalue weighted by atomic mass is 9.95. The molecule has 0 fully saturated rings. The number of hydrogen-bond acceptors (Lipinski definition) is 3. The van der Waals surface area contributed by atoms with Crippen molar-refractivity contribution in [3.63, 3.8) is 0 Å². The van der Waals surface area contributed by atoms with Gasteiger partial charge in [-0.25, -0.2) is 0 Å². The van der Waals surface area contributed by atoms with Crippen molar-refractivity contribution in [1.29, 1.82) is 0 Å². The number of halogens is 1. The summed E-state index contributed by atoms with van der Waals surface area (Å²) >= 11 is 6.31. The van der Waals surface area contributed by atoms with Gasteiger partial charge in [0.2, 0.25) is 0 Å². The molecule has 0 amide bonds. The summed E-state index contributed by atoms with van der Waals surface area (Å²) in [5.74, 6) is 1.79. The highest BCUT2D eigenvalue weighted by Gasteiger charge is 2.22. The fourth-order valence-corrected chi connectivity index (χ4v) is 2.51. The normalized spacial score (nSPS) is 15.0. The largest absolute Gasteiger partial charge is 0.489 e. The first-order chi connectivity index (χ1) is 9.15. The number of nitrogens with two attached hydrogens (primary N) is 1. The number of rotatable bonds is 3. The van der Waals surface area contributed by atoms with Gasteiger partial charge in [0.05, 0.1) is 18.2 Å². The van der Waals surface area contributed by atoms with Crippen LogP contribution in [0.2, 0.25) is 5.02 Å². The Hall–Kier alpha value is -1.19. The van der Waals surface area contributed by atoms with Gasteiger partial charge in [0.25, 0.3) is 0 Å². The molecule has 2 rings (SSSR count). The zero-order valence-electron chi connectivity index (χ0n) is 11.4. The van der Waals surface area contributed by atoms with Gasteiger partial charge in [0.15, 0.2) is 11.5 Å². The molecule has 4 heteroatoms. The first-order valence-electron chi connectivity index (χ1n) is 6.63. The average Bonchev–Trinajstić information content (AvgIpc) is 2.61. The van der Waals surface area contributed by atoms with E-state index in [9.17, 15) is 0 Å². The Labute approximate surface area is 119 Å². The van der Waals surface area contributed by atoms with E-state index in [1.54, 1.807) is 0 Å². The molecule has 0 radical (unpaired) electrons. The van der Waals surface area contributed by atoms with Crippen LogP contribution in [0.4, 0.5) is 0 Å². The summed E-state index contributed by atoms with van der Waals surface area (Å²) in [4.78, 5) is 0. The fraction of sp³-hybridized carbons (Fsp3) is 0.467. The van der Waals surface area contributed by atoms with Gasteiger partial charge in [-0.2, -0.15) is 0 Å². The third kappa shape index (κ3) is 3.04. The van der Waals surface area contributed by atoms with E-state index in [0.717, 1.165) is 23.3 Å². The van der Waals surface area contributed by atoms with Crippen LogP contribution in [0.3, 0.4) is 0 Å². The van der Waals surface area contributed by atoms with Crippen LogP contribution in [0.5, 0.6) is 11.5 Å². The van der Waals surface area contributed by atoms with E-state index in [0.29, 0.717) is 36.4 Å². The highest BCUT2D eigenvalue weighted by molar-refractivity contribution is 6.32. The Morgan fingerprint density at radius 1 is 1.32 bits per heavy atom. The van der Waals surface area contributed by atoms with Gasteiger partial charge in [-0.15, -0.1) is 0 Å². The molecule has 0 saturated carbocycles. The number of benzene rings is 1. The van der Waals surface area contributed by atoms with Gasteiger partial charge in [-0.05, 0) is 17.5 Å². The Kier molecular flexibility index (Phi) is 4.72. The quantitative estimate of drug-likeness (QED) is 0.921. The van der Waals surface area contributed by atoms with Crippen LogP contribution in [-0.2, 0) is 0 Å². The highest BCUT2D eigenvalue weighted by Crippen LogP contribution is 2.44. The second-order valence-corrected chi connectivity index (χ2v) is 5.27. The van der Waals surface area contributed by atoms with E-state index in [1.807, 2.05) is 18.2 Å². The van der Waals surface area contributed by atoms with Crippen molar-refractivity contribution in [2.24, 2.45) is 5.73 Å². The standard InChI is InChI=1S/C15H20ClNO2/c1-10(2)13-11(5-3-6-17)9-12(16)14-15(13)19-8-4-7-18-14/h3,5,9-10H,4,6-8,17H2,1-2H3/b5-3+. The van der Waals surface area contributed by atoms with Crippen molar-refractivity contribution >= 4 is 17.7 Å². The van der Waals surface area contributed by atoms with Crippen molar-refractivity contribution < 1.29 is 9.47 Å². The molecule has 2 N–H and O–H groups in total. The molecule has 1 aliphatic heterocycles. The molecule has 1 aliphatic rings. The maximum atomic E-state index is 6.31. The van der Waals surface area contributed by atoms with E-state index < -0.39 is 0 Å². The minimum absolute atomic E-state index is 0.324. The molecule has 0 spiro atoms. The van der Waals surface area contributed by atoms with Gasteiger partial charge in [0, 0.05) is 18.5 Å². The van der Waals surface area contributed by atoms with Crippen molar-refractivity contribution in [2.75, 3.05) is 19.8 Å². The first-order valence-corrected chi connectivity index (χ1v) is 7.01. The van der Waals surface area contributed by atoms with E-state index in [1.165, 1.54) is 0 Å². The molecule has 19 heavy (non-hydrogen) atoms. The zero-order valence-corrected chi connectivity index (χ0v) is 12.2. The second kappa shape index (κ2) is 6.31. The summed E-state index contributed by atoms with van der Waals surface area (Å²) in [5.41, 5.74) is 7.71. The maximum absolute atomic E-state index is 6.31. The van der Waals surface area contributed by atoms with Crippen LogP contribution in [-0.4, -0.2) is 19.8 Å². The lowest BCUT2D eigenvalue weighted by molar-refractivity contribution is 0.296. The van der Waals surface area contributed by atoms with Crippen molar-refractivity contribution in [3.05, 3.63) is 28.3 Å². The van der Waals surface area contributed by atoms with Crippen LogP contribution < -0.4 is 15.2 Å². The monoisotopic (exact) mass is 281 g/mol. The second-order valence-electron chi connectivity index (χ2n) is 4.86. The molecule has 0 saturated heterocycles. The summed E-state index contributed by atoms with van der Waals surface area (Å²) in [6.45, 7) is 6.08. The predicted octanol–water partition coefficient (Wildman–Crippen LogP) is 3.60. The van der Waals surface area contributed by atoms with Crippen LogP contribution >= 0.6 is 11.6 Å². The maximum Gasteiger partial charge on any atom is 0.180 e. The Morgan fingerprint density at radius 3 is 2.63 bits per heavy atom. The summed E-state index contributed by atoms with van der Waals surface area (Å²) in [7, 11) is 0. The van der Waals surface area contributed by atoms with Gasteiger partial charge >= 0.3 is 0 Å². The minimum Gasteiger partial charge on any atom is -0.489 e. The summed E-state index contributed by atoms with van der Waals surface area (Å²) < 4.78 is 11.6. The first kappa shape index (κ1) is 14.2. The highest BCUT2D eigenvalue weighted by atomic mass is 35.5. The van der Waals surface area contributed by atoms with Crippen LogP contribution in [0.25, 0.3) is 6.08 Å². The van der Waals surface area contributed by atoms with Gasteiger partial charge in [-0.1, -0.05) is 37.6 Å². The third-order valence-corrected chi connectivity index (χ3v) is 3.33. The molecule has 1 aromatic carbocycles. The molecule has 1 aromatic rings. The molecule has 0 bridgehead atoms. The van der Waals surface area contributed by atoms with Crippen LogP contribution in [0.1, 0.15) is 37.3 Å². The van der Waals surface area contributed by atoms with E-state index in [4.69, 9.17) is 26.8 Å². The van der Waals surface area contributed by atoms with Crippen molar-refractivity contribution in [1.82, 2.24) is 0 Å². The average molecular weight is 282 g/mol. The molecule has 0 aromatic heterocycles. The van der Waals surface area contributed by atoms with E-state index in [2.05, 4.69) is 13.8 Å². The number of hydrogen-bond donors (Lipinski definition) is 1. The van der Waals surface area contributed by atoms with Gasteiger partial charge in [-0.3, -0.25) is 0 Å². The zero-order chi connectivity index (χ0) is 13.8. The minimum atomic E-state index is 0.324. The molecule has 3 nitrogen and oxygen atoms in total. The molecule has 0 unspecified atom stereocenters. The number of fused-ring (bicyclic) bond motifs is 1. The predicted molar refractivity (Wildman–Crippen MR) is 79.2 cm³/mol. The lowest BCUT2D eigenvalue weighted by Gasteiger charge is -2.19. The third-order valence-electron chi connectivity index (χ3n) is 3.05. The van der Waals surface area contributed by atoms with Gasteiger partial charge < -0.3 is 15.2 Å². The molecular formula is C15H20ClNO2. The molecule has 0 atom stereocenters. The smallest absolute Gasteiger partial charge is 0.180 e. The molecule has 0 aliphatic carbocycles. The van der Waals surface area contributed by atoms with Crippen molar-refractivity contribution in [2.45, 2.75) is 26.2 Å². The van der Waals surface area contributed by atoms with Crippen LogP contribution in [0, 0.1) is 0 Å². The van der Waals surface area contributed by atoms with Gasteiger partial charge in [0.1, 0.15) is 0 Å².